The van der Waals surface area contributed by atoms with Gasteiger partial charge in [-0.3, -0.25) is 33.8 Å². The van der Waals surface area contributed by atoms with Crippen molar-refractivity contribution in [1.29, 1.82) is 0 Å². The molecular weight excluding hydrogens is 1190 g/mol. The summed E-state index contributed by atoms with van der Waals surface area (Å²) in [5, 5.41) is 50.7. The Morgan fingerprint density at radius 1 is 0.548 bits per heavy atom. The van der Waals surface area contributed by atoms with Crippen molar-refractivity contribution in [3.05, 3.63) is 35.9 Å². The standard InChI is InChI=1S/C52H83N14O16SSe/c1-7-26(5)40(66-47(77)35(23-83)63-48(78)36(24-84)64-45(75)32(19-25(3)4)60-42(72)29(53)21-39(70)71)49(79)61-33(20-28-13-10-9-11-14-28)46(76)59-31(16-17-38(68)69)43(73)58-30(15-12-18-57-52(55)56)44(74)65-41(27(6)8-2)50(80)62-34(51(81)82)22-37(54)67/h9-11,13-14,25-27,29-36,40-41,83H,7-8,12,15-24,53H2,1-6H3,(H2,54,67)(H,58,73)(H,59,76)(H,60,72)(H,61,79)(H,62,80)(H,63,78)(H,64,75)(H,65,74)(H,66,77)(H,68,69)(H,70,71)(H,81,82)(H4,55,56,57)/t26-,27-,29-,30-,31-,32-,33-,34-,35-,36-,40-,41-/m0/s1. The molecule has 0 saturated carbocycles. The van der Waals surface area contributed by atoms with Crippen LogP contribution < -0.4 is 70.8 Å². The summed E-state index contributed by atoms with van der Waals surface area (Å²) in [6.45, 7) is 10.0. The normalized spacial score (nSPS) is 15.3. The Morgan fingerprint density at radius 3 is 1.45 bits per heavy atom. The molecule has 0 aromatic heterocycles. The number of nitrogens with zero attached hydrogens (tertiary/aromatic N) is 1. The van der Waals surface area contributed by atoms with Gasteiger partial charge in [-0.1, -0.05) is 50.6 Å². The number of hydrogen-bond acceptors (Lipinski definition) is 16. The summed E-state index contributed by atoms with van der Waals surface area (Å²) in [4.78, 5) is 175. The van der Waals surface area contributed by atoms with Gasteiger partial charge in [0.2, 0.25) is 23.6 Å². The van der Waals surface area contributed by atoms with Gasteiger partial charge in [0.25, 0.3) is 0 Å². The zero-order valence-electron chi connectivity index (χ0n) is 47.8. The maximum Gasteiger partial charge on any atom is 0.326 e. The maximum absolute atomic E-state index is 14.5. The molecule has 0 spiro atoms. The maximum atomic E-state index is 14.5. The largest absolute Gasteiger partial charge is 0.480 e. The number of carbonyl (C=O) groups excluding carboxylic acids is 10. The van der Waals surface area contributed by atoms with E-state index in [1.165, 1.54) is 0 Å². The average molecular weight is 1270 g/mol. The fourth-order valence-corrected chi connectivity index (χ4v) is 8.68. The first-order valence-corrected chi connectivity index (χ1v) is 29.0. The number of amides is 10. The molecular formula is C52H83N14O16SSe. The number of guanidine groups is 1. The molecule has 0 aliphatic carbocycles. The van der Waals surface area contributed by atoms with Gasteiger partial charge in [-0.25, -0.2) is 4.79 Å². The topological polar surface area (TPSA) is 507 Å². The van der Waals surface area contributed by atoms with Gasteiger partial charge in [-0.2, -0.15) is 0 Å². The second kappa shape index (κ2) is 38.3. The number of carboxylic acids is 3. The number of carbonyl (C=O) groups is 13. The van der Waals surface area contributed by atoms with Crippen LogP contribution in [-0.4, -0.2) is 187 Å². The van der Waals surface area contributed by atoms with Crippen LogP contribution in [0.1, 0.15) is 105 Å². The Kier molecular flexibility index (Phi) is 34.0. The molecule has 0 aliphatic rings. The molecule has 469 valence electrons. The number of nitrogens with two attached hydrogens (primary N) is 4. The number of nitrogens with one attached hydrogen (secondary N) is 9. The van der Waals surface area contributed by atoms with Crippen molar-refractivity contribution in [3.63, 3.8) is 0 Å². The third-order valence-electron chi connectivity index (χ3n) is 13.1. The van der Waals surface area contributed by atoms with E-state index in [0.717, 1.165) is 0 Å². The first-order valence-electron chi connectivity index (χ1n) is 27.1. The van der Waals surface area contributed by atoms with E-state index in [1.807, 2.05) is 0 Å². The molecule has 1 radical (unpaired) electrons. The summed E-state index contributed by atoms with van der Waals surface area (Å²) < 4.78 is 0. The summed E-state index contributed by atoms with van der Waals surface area (Å²) in [5.41, 5.74) is 22.3. The van der Waals surface area contributed by atoms with Crippen LogP contribution in [0.15, 0.2) is 35.3 Å². The smallest absolute Gasteiger partial charge is 0.326 e. The van der Waals surface area contributed by atoms with Crippen molar-refractivity contribution in [1.82, 2.24) is 47.9 Å². The number of benzene rings is 1. The van der Waals surface area contributed by atoms with E-state index in [-0.39, 0.29) is 68.0 Å². The number of hydrogen-bond donors (Lipinski definition) is 17. The van der Waals surface area contributed by atoms with Crippen LogP contribution in [0.4, 0.5) is 0 Å². The van der Waals surface area contributed by atoms with E-state index in [1.54, 1.807) is 71.9 Å². The molecule has 1 rings (SSSR count). The SMILES string of the molecule is CC[C@H](C)[C@H](NC(=O)[C@H](CCCN=C(N)N)NC(=O)[C@H](CCC(=O)O)NC(=O)[C@H](Cc1ccccc1)NC(=O)[C@@H](NC(=O)[C@H](CS)NC(=O)[C@H](C[Se])NC(=O)[C@H](CC(C)C)NC(=O)[C@@H](N)CC(=O)O)[C@@H](C)CC)C(=O)N[C@@H](CC(N)=O)C(=O)O. The molecule has 84 heavy (non-hydrogen) atoms. The Bertz CT molecular complexity index is 2470. The summed E-state index contributed by atoms with van der Waals surface area (Å²) in [6, 6.07) is -6.59. The molecule has 20 N–H and O–H groups in total. The predicted molar refractivity (Wildman–Crippen MR) is 309 cm³/mol. The molecule has 12 atom stereocenters. The summed E-state index contributed by atoms with van der Waals surface area (Å²) in [6.07, 6.45) is -2.51. The van der Waals surface area contributed by atoms with Crippen LogP contribution in [0.25, 0.3) is 0 Å². The molecule has 32 heteroatoms. The molecule has 0 heterocycles. The Hall–Kier alpha value is -7.57. The first-order chi connectivity index (χ1) is 39.4. The van der Waals surface area contributed by atoms with E-state index >= 15 is 0 Å². The van der Waals surface area contributed by atoms with E-state index in [0.29, 0.717) is 5.56 Å². The average Bonchev–Trinajstić information content (AvgIpc) is 3.59. The van der Waals surface area contributed by atoms with Crippen LogP contribution in [0.2, 0.25) is 5.32 Å². The van der Waals surface area contributed by atoms with Crippen LogP contribution in [-0.2, 0) is 68.7 Å². The van der Waals surface area contributed by atoms with Crippen molar-refractivity contribution in [3.8, 4) is 0 Å². The molecule has 0 unspecified atom stereocenters. The predicted octanol–water partition coefficient (Wildman–Crippen LogP) is -4.07. The van der Waals surface area contributed by atoms with Gasteiger partial charge in [0, 0.05) is 13.0 Å². The van der Waals surface area contributed by atoms with E-state index in [4.69, 9.17) is 28.0 Å². The summed E-state index contributed by atoms with van der Waals surface area (Å²) in [5.74, 6) is -15.9. The quantitative estimate of drug-likeness (QED) is 0.00977. The first kappa shape index (κ1) is 74.4. The monoisotopic (exact) mass is 1270 g/mol. The van der Waals surface area contributed by atoms with Gasteiger partial charge in [0.15, 0.2) is 5.96 Å². The molecule has 10 amide bonds. The molecule has 0 bridgehead atoms. The van der Waals surface area contributed by atoms with Crippen LogP contribution in [0.3, 0.4) is 0 Å². The number of aliphatic imine (C=N–C) groups is 1. The van der Waals surface area contributed by atoms with Gasteiger partial charge >= 0.3 is 261 Å². The zero-order valence-corrected chi connectivity index (χ0v) is 50.5. The Morgan fingerprint density at radius 2 is 0.988 bits per heavy atom. The Balaban J connectivity index is 3.62. The number of rotatable bonds is 40. The second-order valence-electron chi connectivity index (χ2n) is 20.4. The van der Waals surface area contributed by atoms with Crippen molar-refractivity contribution >= 4 is 112 Å². The van der Waals surface area contributed by atoms with Crippen LogP contribution in [0.5, 0.6) is 0 Å². The van der Waals surface area contributed by atoms with Gasteiger partial charge in [-0.15, -0.1) is 0 Å². The van der Waals surface area contributed by atoms with Crippen molar-refractivity contribution in [2.75, 3.05) is 12.3 Å². The van der Waals surface area contributed by atoms with Crippen molar-refractivity contribution in [2.45, 2.75) is 171 Å². The zero-order chi connectivity index (χ0) is 64.0. The molecule has 30 nitrogen and oxygen atoms in total. The third kappa shape index (κ3) is 27.7. The van der Waals surface area contributed by atoms with E-state index in [2.05, 4.69) is 81.5 Å². The van der Waals surface area contributed by atoms with E-state index in [9.17, 15) is 72.5 Å². The number of thiol groups is 1. The van der Waals surface area contributed by atoms with Crippen molar-refractivity contribution < 1.29 is 77.6 Å². The minimum atomic E-state index is -1.75. The molecule has 0 fully saturated rings. The second-order valence-corrected chi connectivity index (χ2v) is 21.5. The molecule has 0 aliphatic heterocycles. The molecule has 1 aromatic rings. The fraction of sp³-hybridized carbons (Fsp3) is 0.615. The molecule has 0 saturated heterocycles. The van der Waals surface area contributed by atoms with Crippen LogP contribution in [0, 0.1) is 17.8 Å². The minimum Gasteiger partial charge on any atom is -0.480 e. The molecule has 1 aromatic carbocycles. The number of primary amides is 1. The van der Waals surface area contributed by atoms with Gasteiger partial charge in [0.05, 0.1) is 6.42 Å². The van der Waals surface area contributed by atoms with Gasteiger partial charge in [-0.05, 0) is 30.7 Å². The van der Waals surface area contributed by atoms with E-state index < -0.39 is 175 Å². The fourth-order valence-electron chi connectivity index (χ4n) is 7.93. The minimum absolute atomic E-state index is 0.0375. The summed E-state index contributed by atoms with van der Waals surface area (Å²) in [7, 11) is 0. The van der Waals surface area contributed by atoms with Gasteiger partial charge < -0.3 is 48.7 Å². The number of carboxylic acid groups (broad SMARTS) is 3. The Labute approximate surface area is 500 Å². The van der Waals surface area contributed by atoms with Crippen LogP contribution >= 0.6 is 12.6 Å². The van der Waals surface area contributed by atoms with Gasteiger partial charge in [0.1, 0.15) is 24.2 Å². The third-order valence-corrected chi connectivity index (χ3v) is 14.1. The number of aliphatic carboxylic acids is 3. The summed E-state index contributed by atoms with van der Waals surface area (Å²) >= 11 is 6.89. The van der Waals surface area contributed by atoms with Crippen molar-refractivity contribution in [2.24, 2.45) is 45.7 Å².